The fourth-order valence-electron chi connectivity index (χ4n) is 15.7. The summed E-state index contributed by atoms with van der Waals surface area (Å²) >= 11 is 0. The van der Waals surface area contributed by atoms with Crippen molar-refractivity contribution in [1.29, 1.82) is 0 Å². The van der Waals surface area contributed by atoms with E-state index in [0.29, 0.717) is 23.4 Å². The molecule has 14 aromatic heterocycles. The predicted molar refractivity (Wildman–Crippen MR) is 482 cm³/mol. The minimum Gasteiger partial charge on any atom is -0.368 e. The number of aliphatic imine (C=N–C) groups is 1. The summed E-state index contributed by atoms with van der Waals surface area (Å²) in [7, 11) is 0. The number of alkyl halides is 3. The second-order valence-corrected chi connectivity index (χ2v) is 31.0. The van der Waals surface area contributed by atoms with E-state index in [4.69, 9.17) is 0 Å². The highest BCUT2D eigenvalue weighted by Crippen LogP contribution is 2.31. The number of carbonyl (C=O) groups is 1. The molecule has 0 saturated carbocycles. The lowest BCUT2D eigenvalue weighted by molar-refractivity contribution is -0.144. The number of halogens is 3. The van der Waals surface area contributed by atoms with Gasteiger partial charge in [-0.25, -0.2) is 69.8 Å². The van der Waals surface area contributed by atoms with Gasteiger partial charge in [0.05, 0.1) is 88.0 Å². The fraction of sp³-hybridized carbons (Fsp3) is 0.439. The van der Waals surface area contributed by atoms with Gasteiger partial charge < -0.3 is 112 Å². The first kappa shape index (κ1) is 85.1. The van der Waals surface area contributed by atoms with Crippen LogP contribution in [0.1, 0.15) is 22.9 Å². The maximum Gasteiger partial charge on any atom is 0.449 e. The Morgan fingerprint density at radius 2 is 0.833 bits per heavy atom. The molecular formula is C82H105F3N40O. The van der Waals surface area contributed by atoms with Gasteiger partial charge in [-0.1, -0.05) is 0 Å². The number of amides is 1. The number of pyridine rings is 7. The summed E-state index contributed by atoms with van der Waals surface area (Å²) in [4.78, 5) is 108. The van der Waals surface area contributed by atoms with Crippen LogP contribution in [-0.2, 0) is 23.8 Å². The molecule has 15 N–H and O–H groups in total. The van der Waals surface area contributed by atoms with Crippen LogP contribution in [0.3, 0.4) is 0 Å². The molecule has 0 radical (unpaired) electrons. The van der Waals surface area contributed by atoms with E-state index in [0.717, 1.165) is 330 Å². The highest BCUT2D eigenvalue weighted by atomic mass is 19.4. The standard InChI is InChI=1S/C11H12F3N5.C11H15N5.C11H14N4O.4C10H13N5.C9H12N6/c12-11(13,14)10-16-7-1-2-8(17-9(7)18-10)19-5-3-15-4-6-19;1-8-13-9-2-3-10(15-11(9)14-8)16-6-4-12-5-7-16;16-11-7-9-8(14-11)1-2-10(13-9)15-5-3-12-4-6-15;1-3-15(4-2-11-1)10-5-8-9(6-12-10)14-7-13-8;1-3-15(4-2-11-1)8-5-9-10(12-6-8)14-7-13-9;1-2-9(15-5-3-11-4-6-15)14-10-8(1)12-7-13-10;1-2-12-9-8(1)7-13-10(14-9)15-5-3-11-4-6-15;1-2-8(15-5-3-10-4-6-15)11-9-7(1)12-14-13-9/h1-2,15H,3-6H2,(H,16,17,18);2-3,12H,4-7H2,1H3,(H,13,14,15);1-2,12H,3-7H2,(H,14,16);5-7,11H,1-4H2,(H,13,14);5-7,11H,1-4H2,(H,12,13,14);1-2,7,11H,3-6H2,(H,12,13,14);2,7,11H,1,3-6H2;1-2,10H,3-6H2,(H,11,12,13,14). The van der Waals surface area contributed by atoms with Crippen molar-refractivity contribution >= 4 is 137 Å². The molecule has 44 heteroatoms. The summed E-state index contributed by atoms with van der Waals surface area (Å²) in [5.74, 6) is 7.32. The van der Waals surface area contributed by atoms with Gasteiger partial charge in [-0.2, -0.15) is 28.5 Å². The van der Waals surface area contributed by atoms with Crippen molar-refractivity contribution in [3.8, 4) is 0 Å². The number of fused-ring (bicyclic) bond motifs is 8. The molecule has 126 heavy (non-hydrogen) atoms. The molecule has 0 aliphatic carbocycles. The average Bonchev–Trinajstić information content (AvgIpc) is 1.63. The SMILES string of the molecule is C1=Nc2nc(N3CCNCC3)ncc2C1.Cc1nc2nc(N3CCNCC3)ccc2[nH]1.FC(F)(F)c1nc2nc(N3CCNCC3)ccc2[nH]1.O=C1Cc2nc(N3CCNCC3)ccc2N1.c1cc2n[nH]nc2nc1N1CCNCC1.c1nc2cc(N3CCNCC3)ncc2[nH]1.c1nc2nc(N3CCNCC3)ccc2[nH]1.c1nc2ncc(N3CCNCC3)cc2[nH]1. The first-order chi connectivity index (χ1) is 61.9. The minimum absolute atomic E-state index is 0.0416. The molecule has 8 saturated heterocycles. The number of anilines is 9. The summed E-state index contributed by atoms with van der Waals surface area (Å²) < 4.78 is 37.6. The van der Waals surface area contributed by atoms with Crippen LogP contribution >= 0.6 is 0 Å². The van der Waals surface area contributed by atoms with Gasteiger partial charge in [0.15, 0.2) is 28.4 Å². The third-order valence-electron chi connectivity index (χ3n) is 22.5. The number of hydrogen-bond donors (Lipinski definition) is 15. The Labute approximate surface area is 722 Å². The molecule has 0 aromatic carbocycles. The van der Waals surface area contributed by atoms with Crippen LogP contribution in [0.5, 0.6) is 0 Å². The van der Waals surface area contributed by atoms with Crippen molar-refractivity contribution in [3.05, 3.63) is 133 Å². The number of imidazole rings is 5. The molecule has 0 spiro atoms. The maximum absolute atomic E-state index is 12.5. The van der Waals surface area contributed by atoms with Crippen molar-refractivity contribution in [2.45, 2.75) is 25.9 Å². The topological polar surface area (TPSA) is 465 Å². The van der Waals surface area contributed by atoms with E-state index >= 15 is 0 Å². The molecule has 8 fully saturated rings. The molecule has 660 valence electrons. The molecule has 0 unspecified atom stereocenters. The van der Waals surface area contributed by atoms with Gasteiger partial charge in [-0.15, -0.1) is 5.10 Å². The zero-order valence-electron chi connectivity index (χ0n) is 70.2. The van der Waals surface area contributed by atoms with Gasteiger partial charge in [0.25, 0.3) is 0 Å². The molecular weight excluding hydrogens is 1620 g/mol. The molecule has 10 aliphatic rings. The van der Waals surface area contributed by atoms with Gasteiger partial charge in [-0.05, 0) is 73.7 Å². The quantitative estimate of drug-likeness (QED) is 0.104. The zero-order valence-corrected chi connectivity index (χ0v) is 70.2. The van der Waals surface area contributed by atoms with Crippen LogP contribution < -0.4 is 87.1 Å². The molecule has 0 bridgehead atoms. The van der Waals surface area contributed by atoms with Gasteiger partial charge >= 0.3 is 6.18 Å². The van der Waals surface area contributed by atoms with Crippen molar-refractivity contribution in [3.63, 3.8) is 0 Å². The lowest BCUT2D eigenvalue weighted by atomic mass is 10.2. The zero-order chi connectivity index (χ0) is 85.8. The monoisotopic (exact) mass is 1720 g/mol. The number of nitrogens with one attached hydrogen (secondary N) is 15. The summed E-state index contributed by atoms with van der Waals surface area (Å²) in [6, 6.07) is 23.5. The van der Waals surface area contributed by atoms with Gasteiger partial charge in [-0.3, -0.25) is 4.79 Å². The summed E-state index contributed by atoms with van der Waals surface area (Å²) in [5, 5.41) is 39.8. The van der Waals surface area contributed by atoms with E-state index in [9.17, 15) is 18.0 Å². The first-order valence-electron chi connectivity index (χ1n) is 43.0. The molecule has 14 aromatic rings. The number of carbonyl (C=O) groups excluding carboxylic acids is 1. The predicted octanol–water partition coefficient (Wildman–Crippen LogP) is 3.06. The van der Waals surface area contributed by atoms with E-state index in [1.165, 1.54) is 5.69 Å². The van der Waals surface area contributed by atoms with Crippen molar-refractivity contribution < 1.29 is 18.0 Å². The Bertz CT molecular complexity index is 5520. The number of hydrogen-bond acceptors (Lipinski definition) is 34. The van der Waals surface area contributed by atoms with E-state index in [1.807, 2.05) is 79.1 Å². The lowest BCUT2D eigenvalue weighted by Crippen LogP contribution is -2.44. The Morgan fingerprint density at radius 1 is 0.365 bits per heavy atom. The van der Waals surface area contributed by atoms with Gasteiger partial charge in [0, 0.05) is 240 Å². The number of aromatic nitrogens is 22. The second-order valence-electron chi connectivity index (χ2n) is 31.0. The first-order valence-corrected chi connectivity index (χ1v) is 43.0. The van der Waals surface area contributed by atoms with Crippen LogP contribution in [0.25, 0.3) is 66.9 Å². The van der Waals surface area contributed by atoms with Crippen LogP contribution in [0, 0.1) is 6.92 Å². The number of H-pyrrole nitrogens is 6. The van der Waals surface area contributed by atoms with Crippen LogP contribution in [-0.4, -0.2) is 332 Å². The van der Waals surface area contributed by atoms with Crippen molar-refractivity contribution in [1.82, 2.24) is 153 Å². The number of aromatic amines is 6. The Kier molecular flexibility index (Phi) is 27.8. The van der Waals surface area contributed by atoms with Gasteiger partial charge in [0.1, 0.15) is 46.2 Å². The molecule has 24 rings (SSSR count). The number of piperazine rings is 8. The lowest BCUT2D eigenvalue weighted by Gasteiger charge is -2.28. The van der Waals surface area contributed by atoms with E-state index < -0.39 is 12.0 Å². The third-order valence-corrected chi connectivity index (χ3v) is 22.5. The van der Waals surface area contributed by atoms with Gasteiger partial charge in [0.2, 0.25) is 23.3 Å². The third kappa shape index (κ3) is 22.0. The highest BCUT2D eigenvalue weighted by molar-refractivity contribution is 5.98. The van der Waals surface area contributed by atoms with E-state index in [-0.39, 0.29) is 11.6 Å². The summed E-state index contributed by atoms with van der Waals surface area (Å²) in [6.07, 6.45) is 9.40. The number of aryl methyl sites for hydroxylation is 1. The molecule has 24 heterocycles. The van der Waals surface area contributed by atoms with E-state index in [2.05, 4.69) is 215 Å². The summed E-state index contributed by atoms with van der Waals surface area (Å²) in [5.41, 5.74) is 13.3. The smallest absolute Gasteiger partial charge is 0.368 e. The van der Waals surface area contributed by atoms with E-state index in [1.54, 1.807) is 31.1 Å². The largest absolute Gasteiger partial charge is 0.449 e. The second kappa shape index (κ2) is 41.1. The van der Waals surface area contributed by atoms with Crippen molar-refractivity contribution in [2.75, 3.05) is 254 Å². The molecule has 41 nitrogen and oxygen atoms in total. The highest BCUT2D eigenvalue weighted by Gasteiger charge is 2.35. The molecule has 1 amide bonds. The van der Waals surface area contributed by atoms with Crippen LogP contribution in [0.15, 0.2) is 115 Å². The number of rotatable bonds is 8. The Hall–Kier alpha value is -13.1. The average molecular weight is 1720 g/mol. The summed E-state index contributed by atoms with van der Waals surface area (Å²) in [6.45, 7) is 33.6. The van der Waals surface area contributed by atoms with Crippen LogP contribution in [0.4, 0.5) is 71.2 Å². The van der Waals surface area contributed by atoms with Crippen molar-refractivity contribution in [2.24, 2.45) is 4.99 Å². The molecule has 0 atom stereocenters. The Balaban J connectivity index is 0.000000102. The normalized spacial score (nSPS) is 17.7. The molecule has 10 aliphatic heterocycles. The fourth-order valence-corrected chi connectivity index (χ4v) is 15.7. The Morgan fingerprint density at radius 3 is 1.41 bits per heavy atom. The number of nitrogens with zero attached hydrogens (tertiary/aromatic N) is 25. The maximum atomic E-state index is 12.5. The van der Waals surface area contributed by atoms with Crippen LogP contribution in [0.2, 0.25) is 0 Å². The minimum atomic E-state index is -4.48.